The average Bonchev–Trinajstić information content (AvgIpc) is 2.39. The van der Waals surface area contributed by atoms with Crippen molar-refractivity contribution < 1.29 is 9.53 Å². The Labute approximate surface area is 110 Å². The third kappa shape index (κ3) is 3.85. The fourth-order valence-corrected chi connectivity index (χ4v) is 3.11. The van der Waals surface area contributed by atoms with E-state index in [1.807, 2.05) is 0 Å². The summed E-state index contributed by atoms with van der Waals surface area (Å²) in [6.45, 7) is 2.18. The summed E-state index contributed by atoms with van der Waals surface area (Å²) in [5.74, 6) is 0.146. The van der Waals surface area contributed by atoms with Crippen molar-refractivity contribution in [2.75, 3.05) is 20.2 Å². The molecule has 0 N–H and O–H groups in total. The van der Waals surface area contributed by atoms with E-state index in [0.717, 1.165) is 32.0 Å². The van der Waals surface area contributed by atoms with Gasteiger partial charge in [0.05, 0.1) is 13.0 Å². The maximum Gasteiger partial charge on any atom is 0.308 e. The number of carbonyl (C=O) groups excluding carboxylic acids is 1. The van der Waals surface area contributed by atoms with Gasteiger partial charge < -0.3 is 9.64 Å². The largest absolute Gasteiger partial charge is 0.469 e. The normalized spacial score (nSPS) is 24.1. The first-order valence-electron chi connectivity index (χ1n) is 6.63. The van der Waals surface area contributed by atoms with Gasteiger partial charge in [0.25, 0.3) is 0 Å². The molecule has 100 valence electrons. The summed E-state index contributed by atoms with van der Waals surface area (Å²) in [7, 11) is 1.50. The standard InChI is InChI=1S/C13H23NO2.ClH/c1-16-13(15)11-7-9-14(10-8-11)12-5-3-2-4-6-12;/h11-12H,2-10H2,1H3;1H. The maximum absolute atomic E-state index is 11.4. The number of carbonyl (C=O) groups is 1. The zero-order valence-electron chi connectivity index (χ0n) is 10.7. The number of methoxy groups -OCH3 is 1. The summed E-state index contributed by atoms with van der Waals surface area (Å²) in [5, 5.41) is 0. The highest BCUT2D eigenvalue weighted by molar-refractivity contribution is 5.85. The number of hydrogen-bond donors (Lipinski definition) is 0. The van der Waals surface area contributed by atoms with Crippen LogP contribution in [0.3, 0.4) is 0 Å². The fraction of sp³-hybridized carbons (Fsp3) is 0.923. The molecule has 4 heteroatoms. The molecule has 1 saturated heterocycles. The van der Waals surface area contributed by atoms with Crippen molar-refractivity contribution in [1.82, 2.24) is 4.90 Å². The zero-order valence-corrected chi connectivity index (χ0v) is 11.5. The average molecular weight is 262 g/mol. The number of esters is 1. The van der Waals surface area contributed by atoms with Crippen LogP contribution >= 0.6 is 12.4 Å². The summed E-state index contributed by atoms with van der Waals surface area (Å²) in [4.78, 5) is 14.0. The number of halogens is 1. The number of hydrogen-bond acceptors (Lipinski definition) is 3. The lowest BCUT2D eigenvalue weighted by Crippen LogP contribution is -2.43. The summed E-state index contributed by atoms with van der Waals surface area (Å²) in [6, 6.07) is 0.798. The van der Waals surface area contributed by atoms with Crippen molar-refractivity contribution in [2.45, 2.75) is 51.0 Å². The number of likely N-dealkylation sites (tertiary alicyclic amines) is 1. The number of piperidine rings is 1. The van der Waals surface area contributed by atoms with Gasteiger partial charge in [0.1, 0.15) is 0 Å². The Balaban J connectivity index is 0.00000144. The Bertz CT molecular complexity index is 234. The quantitative estimate of drug-likeness (QED) is 0.716. The Morgan fingerprint density at radius 1 is 1.06 bits per heavy atom. The van der Waals surface area contributed by atoms with E-state index >= 15 is 0 Å². The van der Waals surface area contributed by atoms with Crippen LogP contribution in [0.1, 0.15) is 44.9 Å². The summed E-state index contributed by atoms with van der Waals surface area (Å²) in [6.07, 6.45) is 8.90. The Morgan fingerprint density at radius 2 is 1.65 bits per heavy atom. The lowest BCUT2D eigenvalue weighted by molar-refractivity contribution is -0.147. The third-order valence-electron chi connectivity index (χ3n) is 4.16. The summed E-state index contributed by atoms with van der Waals surface area (Å²) >= 11 is 0. The van der Waals surface area contributed by atoms with E-state index in [2.05, 4.69) is 4.90 Å². The first-order chi connectivity index (χ1) is 7.81. The van der Waals surface area contributed by atoms with Gasteiger partial charge in [-0.25, -0.2) is 0 Å². The van der Waals surface area contributed by atoms with Crippen molar-refractivity contribution in [3.63, 3.8) is 0 Å². The van der Waals surface area contributed by atoms with Gasteiger partial charge >= 0.3 is 5.97 Å². The van der Waals surface area contributed by atoms with Crippen LogP contribution in [0.5, 0.6) is 0 Å². The molecular formula is C13H24ClNO2. The van der Waals surface area contributed by atoms with Gasteiger partial charge in [-0.15, -0.1) is 12.4 Å². The van der Waals surface area contributed by atoms with Gasteiger partial charge in [0.15, 0.2) is 0 Å². The topological polar surface area (TPSA) is 29.5 Å². The summed E-state index contributed by atoms with van der Waals surface area (Å²) in [5.41, 5.74) is 0. The second-order valence-electron chi connectivity index (χ2n) is 5.13. The number of rotatable bonds is 2. The minimum atomic E-state index is -0.0108. The molecule has 0 amide bonds. The van der Waals surface area contributed by atoms with Crippen LogP contribution in [0.25, 0.3) is 0 Å². The van der Waals surface area contributed by atoms with E-state index in [1.165, 1.54) is 39.2 Å². The molecule has 0 bridgehead atoms. The molecule has 2 aliphatic rings. The Hall–Kier alpha value is -0.280. The van der Waals surface area contributed by atoms with Crippen LogP contribution in [0.15, 0.2) is 0 Å². The smallest absolute Gasteiger partial charge is 0.308 e. The predicted octanol–water partition coefficient (Wildman–Crippen LogP) is 2.63. The van der Waals surface area contributed by atoms with Crippen LogP contribution in [-0.2, 0) is 9.53 Å². The highest BCUT2D eigenvalue weighted by atomic mass is 35.5. The molecule has 0 aromatic carbocycles. The fourth-order valence-electron chi connectivity index (χ4n) is 3.11. The molecule has 0 atom stereocenters. The molecule has 1 heterocycles. The lowest BCUT2D eigenvalue weighted by Gasteiger charge is -2.38. The van der Waals surface area contributed by atoms with E-state index in [1.54, 1.807) is 0 Å². The molecule has 2 fully saturated rings. The van der Waals surface area contributed by atoms with E-state index in [4.69, 9.17) is 4.74 Å². The summed E-state index contributed by atoms with van der Waals surface area (Å²) < 4.78 is 4.81. The third-order valence-corrected chi connectivity index (χ3v) is 4.16. The van der Waals surface area contributed by atoms with Gasteiger partial charge in [-0.05, 0) is 38.8 Å². The van der Waals surface area contributed by atoms with Gasteiger partial charge in [-0.2, -0.15) is 0 Å². The first kappa shape index (κ1) is 14.8. The molecule has 2 rings (SSSR count). The predicted molar refractivity (Wildman–Crippen MR) is 70.4 cm³/mol. The van der Waals surface area contributed by atoms with Crippen molar-refractivity contribution in [3.05, 3.63) is 0 Å². The van der Waals surface area contributed by atoms with E-state index in [0.29, 0.717) is 0 Å². The highest BCUT2D eigenvalue weighted by Crippen LogP contribution is 2.27. The molecule has 0 unspecified atom stereocenters. The van der Waals surface area contributed by atoms with Crippen molar-refractivity contribution in [1.29, 1.82) is 0 Å². The SMILES string of the molecule is COC(=O)C1CCN(C2CCCCC2)CC1.Cl. The lowest BCUT2D eigenvalue weighted by atomic mass is 9.90. The van der Waals surface area contributed by atoms with Gasteiger partial charge in [-0.1, -0.05) is 19.3 Å². The molecule has 0 radical (unpaired) electrons. The van der Waals surface area contributed by atoms with Gasteiger partial charge in [0.2, 0.25) is 0 Å². The second kappa shape index (κ2) is 7.22. The van der Waals surface area contributed by atoms with E-state index < -0.39 is 0 Å². The number of nitrogens with zero attached hydrogens (tertiary/aromatic N) is 1. The Kier molecular flexibility index (Phi) is 6.28. The van der Waals surface area contributed by atoms with Gasteiger partial charge in [-0.3, -0.25) is 4.79 Å². The van der Waals surface area contributed by atoms with Crippen molar-refractivity contribution >= 4 is 18.4 Å². The molecule has 0 aromatic rings. The maximum atomic E-state index is 11.4. The van der Waals surface area contributed by atoms with Gasteiger partial charge in [0, 0.05) is 6.04 Å². The minimum Gasteiger partial charge on any atom is -0.469 e. The molecule has 17 heavy (non-hydrogen) atoms. The highest BCUT2D eigenvalue weighted by Gasteiger charge is 2.29. The molecule has 0 spiro atoms. The molecule has 1 aliphatic carbocycles. The molecule has 3 nitrogen and oxygen atoms in total. The molecule has 1 aliphatic heterocycles. The van der Waals surface area contributed by atoms with Crippen LogP contribution in [0.4, 0.5) is 0 Å². The number of ether oxygens (including phenoxy) is 1. The van der Waals surface area contributed by atoms with Crippen LogP contribution in [-0.4, -0.2) is 37.1 Å². The van der Waals surface area contributed by atoms with Crippen LogP contribution in [0.2, 0.25) is 0 Å². The second-order valence-corrected chi connectivity index (χ2v) is 5.13. The molecular weight excluding hydrogens is 238 g/mol. The van der Waals surface area contributed by atoms with E-state index in [9.17, 15) is 4.79 Å². The van der Waals surface area contributed by atoms with Crippen LogP contribution < -0.4 is 0 Å². The van der Waals surface area contributed by atoms with E-state index in [-0.39, 0.29) is 24.3 Å². The monoisotopic (exact) mass is 261 g/mol. The Morgan fingerprint density at radius 3 is 2.18 bits per heavy atom. The molecule has 0 aromatic heterocycles. The van der Waals surface area contributed by atoms with Crippen LogP contribution in [0, 0.1) is 5.92 Å². The van der Waals surface area contributed by atoms with Crippen molar-refractivity contribution in [3.8, 4) is 0 Å². The molecule has 1 saturated carbocycles. The first-order valence-corrected chi connectivity index (χ1v) is 6.63. The van der Waals surface area contributed by atoms with Crippen molar-refractivity contribution in [2.24, 2.45) is 5.92 Å². The zero-order chi connectivity index (χ0) is 11.4. The minimum absolute atomic E-state index is 0.